The first-order chi connectivity index (χ1) is 7.93. The van der Waals surface area contributed by atoms with Gasteiger partial charge < -0.3 is 20.4 Å². The number of carboxylic acid groups (broad SMARTS) is 1. The van der Waals surface area contributed by atoms with Gasteiger partial charge in [-0.25, -0.2) is 4.79 Å². The average Bonchev–Trinajstić information content (AvgIpc) is 2.29. The summed E-state index contributed by atoms with van der Waals surface area (Å²) in [6.45, 7) is 2.69. The van der Waals surface area contributed by atoms with Gasteiger partial charge in [0.05, 0.1) is 6.54 Å². The summed E-state index contributed by atoms with van der Waals surface area (Å²) in [6.07, 6.45) is 3.21. The average molecular weight is 244 g/mol. The second kappa shape index (κ2) is 5.97. The minimum absolute atomic E-state index is 0.0362. The molecule has 1 unspecified atom stereocenters. The zero-order chi connectivity index (χ0) is 12.9. The van der Waals surface area contributed by atoms with Crippen LogP contribution in [-0.2, 0) is 9.59 Å². The molecular weight excluding hydrogens is 224 g/mol. The number of hydrogen-bond acceptors (Lipinski definition) is 4. The molecule has 0 aromatic carbocycles. The zero-order valence-electron chi connectivity index (χ0n) is 10.1. The number of carboxylic acids is 1. The fourth-order valence-corrected chi connectivity index (χ4v) is 1.74. The second-order valence-electron chi connectivity index (χ2n) is 4.62. The predicted molar refractivity (Wildman–Crippen MR) is 61.6 cm³/mol. The van der Waals surface area contributed by atoms with E-state index in [9.17, 15) is 14.7 Å². The van der Waals surface area contributed by atoms with Crippen molar-refractivity contribution in [1.29, 1.82) is 0 Å². The lowest BCUT2D eigenvalue weighted by molar-refractivity contribution is -0.156. The van der Waals surface area contributed by atoms with Crippen molar-refractivity contribution >= 4 is 11.9 Å². The molecule has 0 bridgehead atoms. The maximum atomic E-state index is 11.7. The largest absolute Gasteiger partial charge is 0.479 e. The van der Waals surface area contributed by atoms with E-state index in [0.29, 0.717) is 0 Å². The third-order valence-corrected chi connectivity index (χ3v) is 2.91. The molecule has 0 aromatic heterocycles. The first-order valence-corrected chi connectivity index (χ1v) is 5.88. The molecule has 0 saturated carbocycles. The fraction of sp³-hybridized carbons (Fsp3) is 0.818. The van der Waals surface area contributed by atoms with Crippen LogP contribution in [0.5, 0.6) is 0 Å². The Morgan fingerprint density at radius 1 is 1.29 bits per heavy atom. The van der Waals surface area contributed by atoms with Crippen LogP contribution in [0.4, 0.5) is 0 Å². The number of aliphatic carboxylic acids is 1. The lowest BCUT2D eigenvalue weighted by Crippen LogP contribution is -2.48. The van der Waals surface area contributed by atoms with Crippen LogP contribution in [0.15, 0.2) is 0 Å². The number of carbonyl (C=O) groups excluding carboxylic acids is 1. The van der Waals surface area contributed by atoms with Gasteiger partial charge in [-0.1, -0.05) is 0 Å². The molecule has 0 aromatic rings. The molecule has 1 aliphatic heterocycles. The van der Waals surface area contributed by atoms with Crippen molar-refractivity contribution < 1.29 is 19.8 Å². The van der Waals surface area contributed by atoms with Crippen molar-refractivity contribution in [2.45, 2.75) is 31.8 Å². The number of rotatable bonds is 5. The zero-order valence-corrected chi connectivity index (χ0v) is 10.1. The maximum Gasteiger partial charge on any atom is 0.336 e. The Hall–Kier alpha value is -1.14. The van der Waals surface area contributed by atoms with E-state index < -0.39 is 11.6 Å². The summed E-state index contributed by atoms with van der Waals surface area (Å²) in [5, 5.41) is 20.8. The molecule has 6 nitrogen and oxygen atoms in total. The highest BCUT2D eigenvalue weighted by atomic mass is 16.4. The van der Waals surface area contributed by atoms with E-state index in [1.54, 1.807) is 4.90 Å². The summed E-state index contributed by atoms with van der Waals surface area (Å²) in [4.78, 5) is 24.1. The van der Waals surface area contributed by atoms with Crippen molar-refractivity contribution in [3.05, 3.63) is 0 Å². The van der Waals surface area contributed by atoms with Gasteiger partial charge in [-0.15, -0.1) is 0 Å². The van der Waals surface area contributed by atoms with Crippen molar-refractivity contribution in [2.24, 2.45) is 0 Å². The minimum atomic E-state index is -1.83. The number of amides is 1. The molecule has 1 heterocycles. The molecule has 1 amide bonds. The molecule has 0 radical (unpaired) electrons. The normalized spacial score (nSPS) is 19.8. The smallest absolute Gasteiger partial charge is 0.336 e. The van der Waals surface area contributed by atoms with Gasteiger partial charge in [0, 0.05) is 19.6 Å². The molecule has 1 rings (SSSR count). The minimum Gasteiger partial charge on any atom is -0.479 e. The number of likely N-dealkylation sites (tertiary alicyclic amines) is 1. The van der Waals surface area contributed by atoms with Crippen LogP contribution in [-0.4, -0.2) is 58.8 Å². The van der Waals surface area contributed by atoms with Crippen LogP contribution in [0.2, 0.25) is 0 Å². The molecule has 1 fully saturated rings. The van der Waals surface area contributed by atoms with Gasteiger partial charge in [0.25, 0.3) is 0 Å². The standard InChI is InChI=1S/C11H20N2O4/c1-11(17,10(15)16)8-12-7-9(14)13-5-3-2-4-6-13/h12,17H,2-8H2,1H3,(H,15,16). The summed E-state index contributed by atoms with van der Waals surface area (Å²) in [5.74, 6) is -1.33. The molecular formula is C11H20N2O4. The molecule has 6 heteroatoms. The van der Waals surface area contributed by atoms with Gasteiger partial charge in [-0.05, 0) is 26.2 Å². The first-order valence-electron chi connectivity index (χ1n) is 5.88. The molecule has 1 atom stereocenters. The SMILES string of the molecule is CC(O)(CNCC(=O)N1CCCCC1)C(=O)O. The molecule has 3 N–H and O–H groups in total. The number of nitrogens with zero attached hydrogens (tertiary/aromatic N) is 1. The Morgan fingerprint density at radius 3 is 2.41 bits per heavy atom. The molecule has 0 spiro atoms. The monoisotopic (exact) mass is 244 g/mol. The van der Waals surface area contributed by atoms with Crippen LogP contribution < -0.4 is 5.32 Å². The highest BCUT2D eigenvalue weighted by Crippen LogP contribution is 2.08. The van der Waals surface area contributed by atoms with E-state index in [-0.39, 0.29) is 19.0 Å². The van der Waals surface area contributed by atoms with Crippen LogP contribution in [0.25, 0.3) is 0 Å². The van der Waals surface area contributed by atoms with Gasteiger partial charge in [-0.3, -0.25) is 4.79 Å². The third kappa shape index (κ3) is 4.32. The number of aliphatic hydroxyl groups is 1. The predicted octanol–water partition coefficient (Wildman–Crippen LogP) is -0.576. The summed E-state index contributed by atoms with van der Waals surface area (Å²) >= 11 is 0. The van der Waals surface area contributed by atoms with Crippen LogP contribution in [0.1, 0.15) is 26.2 Å². The van der Waals surface area contributed by atoms with Crippen LogP contribution >= 0.6 is 0 Å². The number of hydrogen-bond donors (Lipinski definition) is 3. The van der Waals surface area contributed by atoms with Gasteiger partial charge in [0.15, 0.2) is 5.60 Å². The van der Waals surface area contributed by atoms with Crippen molar-refractivity contribution in [3.8, 4) is 0 Å². The quantitative estimate of drug-likeness (QED) is 0.602. The highest BCUT2D eigenvalue weighted by molar-refractivity contribution is 5.79. The van der Waals surface area contributed by atoms with Gasteiger partial charge >= 0.3 is 5.97 Å². The topological polar surface area (TPSA) is 89.9 Å². The fourth-order valence-electron chi connectivity index (χ4n) is 1.74. The lowest BCUT2D eigenvalue weighted by atomic mass is 10.1. The van der Waals surface area contributed by atoms with Gasteiger partial charge in [0.2, 0.25) is 5.91 Å². The maximum absolute atomic E-state index is 11.7. The van der Waals surface area contributed by atoms with E-state index in [1.165, 1.54) is 6.92 Å². The number of carbonyl (C=O) groups is 2. The Morgan fingerprint density at radius 2 is 1.88 bits per heavy atom. The first kappa shape index (κ1) is 13.9. The molecule has 17 heavy (non-hydrogen) atoms. The summed E-state index contributed by atoms with van der Waals surface area (Å²) in [5.41, 5.74) is -1.83. The van der Waals surface area contributed by atoms with Crippen molar-refractivity contribution in [1.82, 2.24) is 10.2 Å². The molecule has 1 saturated heterocycles. The molecule has 0 aliphatic carbocycles. The van der Waals surface area contributed by atoms with Gasteiger partial charge in [-0.2, -0.15) is 0 Å². The molecule has 1 aliphatic rings. The van der Waals surface area contributed by atoms with Crippen molar-refractivity contribution in [2.75, 3.05) is 26.2 Å². The lowest BCUT2D eigenvalue weighted by Gasteiger charge is -2.27. The highest BCUT2D eigenvalue weighted by Gasteiger charge is 2.29. The number of piperidine rings is 1. The van der Waals surface area contributed by atoms with E-state index in [1.807, 2.05) is 0 Å². The Bertz CT molecular complexity index is 285. The van der Waals surface area contributed by atoms with Crippen LogP contribution in [0.3, 0.4) is 0 Å². The third-order valence-electron chi connectivity index (χ3n) is 2.91. The molecule has 98 valence electrons. The Kier molecular flexibility index (Phi) is 4.89. The summed E-state index contributed by atoms with van der Waals surface area (Å²) in [7, 11) is 0. The second-order valence-corrected chi connectivity index (χ2v) is 4.62. The summed E-state index contributed by atoms with van der Waals surface area (Å²) < 4.78 is 0. The summed E-state index contributed by atoms with van der Waals surface area (Å²) in [6, 6.07) is 0. The van der Waals surface area contributed by atoms with Crippen LogP contribution in [0, 0.1) is 0 Å². The Labute approximate surface area is 101 Å². The Balaban J connectivity index is 2.26. The van der Waals surface area contributed by atoms with E-state index in [2.05, 4.69) is 5.32 Å². The number of nitrogens with one attached hydrogen (secondary N) is 1. The van der Waals surface area contributed by atoms with E-state index >= 15 is 0 Å². The van der Waals surface area contributed by atoms with Crippen molar-refractivity contribution in [3.63, 3.8) is 0 Å². The van der Waals surface area contributed by atoms with Gasteiger partial charge in [0.1, 0.15) is 0 Å². The van der Waals surface area contributed by atoms with E-state index in [4.69, 9.17) is 5.11 Å². The van der Waals surface area contributed by atoms with E-state index in [0.717, 1.165) is 32.4 Å².